The maximum absolute atomic E-state index is 13.9. The van der Waals surface area contributed by atoms with Gasteiger partial charge in [-0.05, 0) is 24.3 Å². The van der Waals surface area contributed by atoms with Gasteiger partial charge in [-0.1, -0.05) is 0 Å². The van der Waals surface area contributed by atoms with Crippen LogP contribution < -0.4 is 5.32 Å². The molecule has 0 bridgehead atoms. The largest absolute Gasteiger partial charge is 0.434 e. The molecule has 0 unspecified atom stereocenters. The number of halogens is 7. The molecule has 1 N–H and O–H groups in total. The Balaban J connectivity index is 1.78. The summed E-state index contributed by atoms with van der Waals surface area (Å²) in [5, 5.41) is 5.58. The highest BCUT2D eigenvalue weighted by atomic mass is 19.4. The van der Waals surface area contributed by atoms with E-state index in [0.717, 1.165) is 35.0 Å². The number of hydrogen-bond donors (Lipinski definition) is 1. The highest BCUT2D eigenvalue weighted by Crippen LogP contribution is 2.34. The van der Waals surface area contributed by atoms with E-state index in [-0.39, 0.29) is 11.5 Å². The van der Waals surface area contributed by atoms with Crippen LogP contribution in [-0.4, -0.2) is 30.1 Å². The van der Waals surface area contributed by atoms with E-state index in [1.807, 2.05) is 5.32 Å². The first kappa shape index (κ1) is 21.3. The second kappa shape index (κ2) is 7.32. The fourth-order valence-corrected chi connectivity index (χ4v) is 2.96. The smallest absolute Gasteiger partial charge is 0.322 e. The van der Waals surface area contributed by atoms with E-state index in [4.69, 9.17) is 0 Å². The molecule has 0 fully saturated rings. The van der Waals surface area contributed by atoms with E-state index in [2.05, 4.69) is 15.1 Å². The number of aromatic nitrogens is 5. The quantitative estimate of drug-likeness (QED) is 0.464. The Hall–Kier alpha value is -3.97. The highest BCUT2D eigenvalue weighted by Gasteiger charge is 2.41. The molecule has 4 aromatic heterocycles. The first-order valence-electron chi connectivity index (χ1n) is 8.58. The summed E-state index contributed by atoms with van der Waals surface area (Å²) < 4.78 is 95.2. The molecular weight excluding hydrogens is 449 g/mol. The minimum Gasteiger partial charge on any atom is -0.322 e. The van der Waals surface area contributed by atoms with Gasteiger partial charge in [-0.3, -0.25) is 14.2 Å². The second-order valence-electron chi connectivity index (χ2n) is 6.36. The van der Waals surface area contributed by atoms with Crippen LogP contribution in [0.5, 0.6) is 0 Å². The molecule has 166 valence electrons. The zero-order valence-corrected chi connectivity index (χ0v) is 15.4. The van der Waals surface area contributed by atoms with Gasteiger partial charge >= 0.3 is 12.4 Å². The van der Waals surface area contributed by atoms with Crippen LogP contribution in [0.2, 0.25) is 0 Å². The summed E-state index contributed by atoms with van der Waals surface area (Å²) in [7, 11) is 0. The van der Waals surface area contributed by atoms with Crippen LogP contribution in [0.4, 0.5) is 36.4 Å². The molecule has 0 saturated carbocycles. The normalized spacial score (nSPS) is 12.3. The van der Waals surface area contributed by atoms with Crippen molar-refractivity contribution < 1.29 is 35.5 Å². The maximum Gasteiger partial charge on any atom is 0.434 e. The van der Waals surface area contributed by atoms with Crippen LogP contribution in [0.3, 0.4) is 0 Å². The van der Waals surface area contributed by atoms with Crippen molar-refractivity contribution in [3.63, 3.8) is 0 Å². The molecule has 4 heterocycles. The third kappa shape index (κ3) is 3.74. The van der Waals surface area contributed by atoms with E-state index in [1.165, 1.54) is 6.20 Å². The zero-order valence-electron chi connectivity index (χ0n) is 15.4. The molecule has 0 aliphatic carbocycles. The summed E-state index contributed by atoms with van der Waals surface area (Å²) >= 11 is 0. The Morgan fingerprint density at radius 3 is 2.41 bits per heavy atom. The van der Waals surface area contributed by atoms with Crippen molar-refractivity contribution in [1.82, 2.24) is 24.1 Å². The number of alkyl halides is 6. The minimum absolute atomic E-state index is 0.270. The minimum atomic E-state index is -5.10. The number of carbonyl (C=O) groups excluding carboxylic acids is 1. The molecule has 0 aliphatic rings. The lowest BCUT2D eigenvalue weighted by Gasteiger charge is -2.14. The maximum atomic E-state index is 13.9. The summed E-state index contributed by atoms with van der Waals surface area (Å²) in [6.07, 6.45) is -6.20. The summed E-state index contributed by atoms with van der Waals surface area (Å²) in [6, 6.07) is 3.35. The van der Waals surface area contributed by atoms with Gasteiger partial charge in [0.05, 0.1) is 11.8 Å². The fourth-order valence-electron chi connectivity index (χ4n) is 2.96. The Labute approximate surface area is 173 Å². The van der Waals surface area contributed by atoms with Crippen LogP contribution in [0.15, 0.2) is 49.1 Å². The first-order valence-corrected chi connectivity index (χ1v) is 8.58. The molecule has 7 nitrogen and oxygen atoms in total. The van der Waals surface area contributed by atoms with Crippen LogP contribution in [0.25, 0.3) is 11.5 Å². The Kier molecular flexibility index (Phi) is 4.86. The SMILES string of the molecule is O=C(Nc1ccnc(C(F)(F)F)c1)c1cnn(-c2ccc(F)c3nccn23)c1C(F)(F)F. The zero-order chi connectivity index (χ0) is 23.3. The number of hydrogen-bond acceptors (Lipinski definition) is 4. The van der Waals surface area contributed by atoms with Crippen molar-refractivity contribution in [3.05, 3.63) is 71.8 Å². The lowest BCUT2D eigenvalue weighted by molar-refractivity contribution is -0.143. The Bertz CT molecular complexity index is 1320. The molecule has 4 rings (SSSR count). The van der Waals surface area contributed by atoms with Gasteiger partial charge in [0.1, 0.15) is 11.5 Å². The third-order valence-electron chi connectivity index (χ3n) is 4.29. The van der Waals surface area contributed by atoms with Crippen molar-refractivity contribution in [2.45, 2.75) is 12.4 Å². The van der Waals surface area contributed by atoms with Crippen LogP contribution >= 0.6 is 0 Å². The number of amides is 1. The molecule has 0 saturated heterocycles. The molecule has 14 heteroatoms. The van der Waals surface area contributed by atoms with Crippen molar-refractivity contribution in [2.24, 2.45) is 0 Å². The van der Waals surface area contributed by atoms with Gasteiger partial charge < -0.3 is 5.32 Å². The van der Waals surface area contributed by atoms with Crippen molar-refractivity contribution in [3.8, 4) is 5.82 Å². The Morgan fingerprint density at radius 1 is 0.969 bits per heavy atom. The van der Waals surface area contributed by atoms with Crippen molar-refractivity contribution in [1.29, 1.82) is 0 Å². The second-order valence-corrected chi connectivity index (χ2v) is 6.36. The van der Waals surface area contributed by atoms with E-state index < -0.39 is 46.7 Å². The molecule has 0 spiro atoms. The highest BCUT2D eigenvalue weighted by molar-refractivity contribution is 6.05. The number of nitrogens with zero attached hydrogens (tertiary/aromatic N) is 5. The lowest BCUT2D eigenvalue weighted by Crippen LogP contribution is -2.22. The summed E-state index contributed by atoms with van der Waals surface area (Å²) in [6.45, 7) is 0. The first-order chi connectivity index (χ1) is 15.0. The molecule has 4 aromatic rings. The molecule has 0 aliphatic heterocycles. The van der Waals surface area contributed by atoms with Crippen LogP contribution in [-0.2, 0) is 12.4 Å². The summed E-state index contributed by atoms with van der Waals surface area (Å²) in [5.74, 6) is -2.42. The topological polar surface area (TPSA) is 77.1 Å². The molecule has 0 atom stereocenters. The number of rotatable bonds is 3. The fraction of sp³-hybridized carbons (Fsp3) is 0.111. The molecule has 0 radical (unpaired) electrons. The van der Waals surface area contributed by atoms with Gasteiger partial charge in [-0.15, -0.1) is 0 Å². The lowest BCUT2D eigenvalue weighted by atomic mass is 10.2. The molecule has 0 aromatic carbocycles. The predicted octanol–water partition coefficient (Wildman–Crippen LogP) is 4.34. The standard InChI is InChI=1S/C18H9F7N6O/c19-11-1-2-13(30-6-5-27-15(11)30)31-14(18(23,24)25)10(8-28-31)16(32)29-9-3-4-26-12(7-9)17(20,21)22/h1-8H,(H,26,29,32). The van der Waals surface area contributed by atoms with Crippen LogP contribution in [0, 0.1) is 5.82 Å². The Morgan fingerprint density at radius 2 is 1.72 bits per heavy atom. The predicted molar refractivity (Wildman–Crippen MR) is 94.5 cm³/mol. The van der Waals surface area contributed by atoms with Gasteiger partial charge in [0.2, 0.25) is 0 Å². The number of nitrogens with one attached hydrogen (secondary N) is 1. The average molecular weight is 458 g/mol. The van der Waals surface area contributed by atoms with Crippen LogP contribution in [0.1, 0.15) is 21.7 Å². The van der Waals surface area contributed by atoms with Crippen molar-refractivity contribution in [2.75, 3.05) is 5.32 Å². The van der Waals surface area contributed by atoms with Gasteiger partial charge in [0.15, 0.2) is 17.2 Å². The van der Waals surface area contributed by atoms with E-state index in [9.17, 15) is 35.5 Å². The van der Waals surface area contributed by atoms with Gasteiger partial charge in [0, 0.05) is 24.3 Å². The third-order valence-corrected chi connectivity index (χ3v) is 4.29. The van der Waals surface area contributed by atoms with E-state index >= 15 is 0 Å². The number of carbonyl (C=O) groups is 1. The number of fused-ring (bicyclic) bond motifs is 1. The summed E-state index contributed by atoms with van der Waals surface area (Å²) in [4.78, 5) is 19.3. The van der Waals surface area contributed by atoms with E-state index in [0.29, 0.717) is 16.9 Å². The van der Waals surface area contributed by atoms with E-state index in [1.54, 1.807) is 0 Å². The van der Waals surface area contributed by atoms with Gasteiger partial charge in [-0.2, -0.15) is 31.4 Å². The molecule has 32 heavy (non-hydrogen) atoms. The average Bonchev–Trinajstić information content (AvgIpc) is 3.35. The number of pyridine rings is 2. The number of anilines is 1. The van der Waals surface area contributed by atoms with Crippen molar-refractivity contribution >= 4 is 17.2 Å². The monoisotopic (exact) mass is 458 g/mol. The number of imidazole rings is 1. The molecule has 1 amide bonds. The molecular formula is C18H9F7N6O. The van der Waals surface area contributed by atoms with Gasteiger partial charge in [0.25, 0.3) is 5.91 Å². The summed E-state index contributed by atoms with van der Waals surface area (Å²) in [5.41, 5.74) is -4.50. The van der Waals surface area contributed by atoms with Gasteiger partial charge in [-0.25, -0.2) is 14.1 Å².